The van der Waals surface area contributed by atoms with Gasteiger partial charge >= 0.3 is 6.03 Å². The fraction of sp³-hybridized carbons (Fsp3) is 0.400. The van der Waals surface area contributed by atoms with Crippen molar-refractivity contribution < 1.29 is 9.59 Å². The van der Waals surface area contributed by atoms with E-state index in [1.807, 2.05) is 6.92 Å². The standard InChI is InChI=1S/C10H13N5O2/c1-2-11-8-4-12-7(3-13-8)6-15-9(16)5-14-10(15)17/h3-4H,2,5-6H2,1H3,(H,11,13)(H,14,17). The fourth-order valence-electron chi connectivity index (χ4n) is 1.49. The van der Waals surface area contributed by atoms with E-state index >= 15 is 0 Å². The van der Waals surface area contributed by atoms with Crippen LogP contribution in [-0.4, -0.2) is 39.9 Å². The number of anilines is 1. The van der Waals surface area contributed by atoms with Crippen molar-refractivity contribution in [3.8, 4) is 0 Å². The van der Waals surface area contributed by atoms with E-state index < -0.39 is 0 Å². The number of aromatic nitrogens is 2. The number of imide groups is 1. The van der Waals surface area contributed by atoms with E-state index in [0.717, 1.165) is 11.4 Å². The van der Waals surface area contributed by atoms with E-state index in [1.165, 1.54) is 0 Å². The van der Waals surface area contributed by atoms with E-state index in [0.29, 0.717) is 11.5 Å². The highest BCUT2D eigenvalue weighted by Gasteiger charge is 2.28. The number of carbonyl (C=O) groups is 2. The Labute approximate surface area is 98.2 Å². The molecule has 17 heavy (non-hydrogen) atoms. The fourth-order valence-corrected chi connectivity index (χ4v) is 1.49. The molecule has 7 heteroatoms. The lowest BCUT2D eigenvalue weighted by Gasteiger charge is -2.11. The van der Waals surface area contributed by atoms with Gasteiger partial charge < -0.3 is 10.6 Å². The van der Waals surface area contributed by atoms with Crippen LogP contribution in [0.2, 0.25) is 0 Å². The second-order valence-corrected chi connectivity index (χ2v) is 3.56. The molecule has 1 aromatic rings. The Bertz CT molecular complexity index is 415. The van der Waals surface area contributed by atoms with E-state index in [2.05, 4.69) is 20.6 Å². The Kier molecular flexibility index (Phi) is 3.17. The Balaban J connectivity index is 2.03. The molecule has 3 amide bonds. The van der Waals surface area contributed by atoms with Crippen molar-refractivity contribution in [3.05, 3.63) is 18.1 Å². The van der Waals surface area contributed by atoms with Crippen molar-refractivity contribution in [3.63, 3.8) is 0 Å². The third kappa shape index (κ3) is 2.49. The minimum Gasteiger partial charge on any atom is -0.369 e. The Morgan fingerprint density at radius 3 is 2.76 bits per heavy atom. The third-order valence-electron chi connectivity index (χ3n) is 2.32. The smallest absolute Gasteiger partial charge is 0.324 e. The van der Waals surface area contributed by atoms with E-state index in [4.69, 9.17) is 0 Å². The molecule has 0 aliphatic carbocycles. The van der Waals surface area contributed by atoms with E-state index in [9.17, 15) is 9.59 Å². The minimum absolute atomic E-state index is 0.0573. The molecule has 2 N–H and O–H groups in total. The highest BCUT2D eigenvalue weighted by atomic mass is 16.2. The summed E-state index contributed by atoms with van der Waals surface area (Å²) in [7, 11) is 0. The Morgan fingerprint density at radius 2 is 2.24 bits per heavy atom. The normalized spacial score (nSPS) is 15.0. The first-order valence-corrected chi connectivity index (χ1v) is 5.33. The van der Waals surface area contributed by atoms with Gasteiger partial charge in [0.1, 0.15) is 5.82 Å². The molecule has 1 fully saturated rings. The Hall–Kier alpha value is -2.18. The lowest BCUT2D eigenvalue weighted by atomic mass is 10.4. The second kappa shape index (κ2) is 4.77. The molecule has 0 spiro atoms. The van der Waals surface area contributed by atoms with Crippen molar-refractivity contribution in [2.75, 3.05) is 18.4 Å². The topological polar surface area (TPSA) is 87.2 Å². The maximum atomic E-state index is 11.3. The molecule has 0 unspecified atom stereocenters. The third-order valence-corrected chi connectivity index (χ3v) is 2.32. The van der Waals surface area contributed by atoms with Crippen LogP contribution >= 0.6 is 0 Å². The van der Waals surface area contributed by atoms with Crippen LogP contribution in [0, 0.1) is 0 Å². The van der Waals surface area contributed by atoms with Gasteiger partial charge in [0.25, 0.3) is 0 Å². The maximum Gasteiger partial charge on any atom is 0.324 e. The molecular formula is C10H13N5O2. The summed E-state index contributed by atoms with van der Waals surface area (Å²) < 4.78 is 0. The summed E-state index contributed by atoms with van der Waals surface area (Å²) in [6, 6.07) is -0.382. The van der Waals surface area contributed by atoms with Crippen LogP contribution in [0.4, 0.5) is 10.6 Å². The molecular weight excluding hydrogens is 222 g/mol. The monoisotopic (exact) mass is 235 g/mol. The van der Waals surface area contributed by atoms with E-state index in [1.54, 1.807) is 12.4 Å². The number of nitrogens with one attached hydrogen (secondary N) is 2. The molecule has 1 aromatic heterocycles. The number of rotatable bonds is 4. The average Bonchev–Trinajstić information content (AvgIpc) is 2.64. The predicted molar refractivity (Wildman–Crippen MR) is 60.1 cm³/mol. The molecule has 0 aromatic carbocycles. The summed E-state index contributed by atoms with van der Waals surface area (Å²) >= 11 is 0. The number of urea groups is 1. The first-order chi connectivity index (χ1) is 8.20. The highest BCUT2D eigenvalue weighted by molar-refractivity contribution is 6.01. The van der Waals surface area contributed by atoms with Crippen molar-refractivity contribution in [2.24, 2.45) is 0 Å². The van der Waals surface area contributed by atoms with Gasteiger partial charge in [-0.2, -0.15) is 0 Å². The van der Waals surface area contributed by atoms with Crippen LogP contribution in [0.1, 0.15) is 12.6 Å². The number of hydrogen-bond acceptors (Lipinski definition) is 5. The van der Waals surface area contributed by atoms with Gasteiger partial charge in [0.05, 0.1) is 31.2 Å². The van der Waals surface area contributed by atoms with Crippen LogP contribution < -0.4 is 10.6 Å². The van der Waals surface area contributed by atoms with Crippen LogP contribution in [-0.2, 0) is 11.3 Å². The van der Waals surface area contributed by atoms with Crippen molar-refractivity contribution in [1.29, 1.82) is 0 Å². The summed E-state index contributed by atoms with van der Waals surface area (Å²) in [6.45, 7) is 2.94. The molecule has 0 radical (unpaired) electrons. The molecule has 1 saturated heterocycles. The van der Waals surface area contributed by atoms with Gasteiger partial charge in [0, 0.05) is 6.54 Å². The molecule has 0 saturated carbocycles. The molecule has 0 bridgehead atoms. The summed E-state index contributed by atoms with van der Waals surface area (Å²) in [5.41, 5.74) is 0.581. The first kappa shape index (κ1) is 11.3. The first-order valence-electron chi connectivity index (χ1n) is 5.33. The SMILES string of the molecule is CCNc1cnc(CN2C(=O)CNC2=O)cn1. The predicted octanol–water partition coefficient (Wildman–Crippen LogP) is -0.0398. The molecule has 2 rings (SSSR count). The van der Waals surface area contributed by atoms with Crippen molar-refractivity contribution in [2.45, 2.75) is 13.5 Å². The summed E-state index contributed by atoms with van der Waals surface area (Å²) in [4.78, 5) is 32.0. The van der Waals surface area contributed by atoms with Gasteiger partial charge in [0.15, 0.2) is 0 Å². The van der Waals surface area contributed by atoms with Gasteiger partial charge in [-0.3, -0.25) is 14.7 Å². The summed E-state index contributed by atoms with van der Waals surface area (Å²) in [5.74, 6) is 0.431. The van der Waals surface area contributed by atoms with Gasteiger partial charge in [0.2, 0.25) is 5.91 Å². The number of carbonyl (C=O) groups excluding carboxylic acids is 2. The zero-order chi connectivity index (χ0) is 12.3. The lowest BCUT2D eigenvalue weighted by molar-refractivity contribution is -0.125. The zero-order valence-electron chi connectivity index (χ0n) is 9.43. The molecule has 90 valence electrons. The van der Waals surface area contributed by atoms with Crippen LogP contribution in [0.15, 0.2) is 12.4 Å². The summed E-state index contributed by atoms with van der Waals surface area (Å²) in [5, 5.41) is 5.46. The lowest BCUT2D eigenvalue weighted by Crippen LogP contribution is -2.30. The largest absolute Gasteiger partial charge is 0.369 e. The molecule has 1 aliphatic heterocycles. The average molecular weight is 235 g/mol. The number of amides is 3. The molecule has 1 aliphatic rings. The number of nitrogens with zero attached hydrogens (tertiary/aromatic N) is 3. The van der Waals surface area contributed by atoms with Gasteiger partial charge in [-0.05, 0) is 6.92 Å². The minimum atomic E-state index is -0.382. The van der Waals surface area contributed by atoms with Crippen LogP contribution in [0.5, 0.6) is 0 Å². The molecule has 7 nitrogen and oxygen atoms in total. The summed E-state index contributed by atoms with van der Waals surface area (Å²) in [6.07, 6.45) is 3.13. The zero-order valence-corrected chi connectivity index (χ0v) is 9.43. The van der Waals surface area contributed by atoms with E-state index in [-0.39, 0.29) is 25.0 Å². The van der Waals surface area contributed by atoms with Crippen LogP contribution in [0.3, 0.4) is 0 Å². The maximum absolute atomic E-state index is 11.3. The second-order valence-electron chi connectivity index (χ2n) is 3.56. The highest BCUT2D eigenvalue weighted by Crippen LogP contribution is 2.07. The van der Waals surface area contributed by atoms with Gasteiger partial charge in [-0.15, -0.1) is 0 Å². The Morgan fingerprint density at radius 1 is 1.41 bits per heavy atom. The molecule has 0 atom stereocenters. The number of hydrogen-bond donors (Lipinski definition) is 2. The van der Waals surface area contributed by atoms with Crippen molar-refractivity contribution in [1.82, 2.24) is 20.2 Å². The van der Waals surface area contributed by atoms with Gasteiger partial charge in [-0.1, -0.05) is 0 Å². The van der Waals surface area contributed by atoms with Crippen LogP contribution in [0.25, 0.3) is 0 Å². The molecule has 2 heterocycles. The van der Waals surface area contributed by atoms with Gasteiger partial charge in [-0.25, -0.2) is 9.78 Å². The quantitative estimate of drug-likeness (QED) is 0.715. The van der Waals surface area contributed by atoms with Crippen molar-refractivity contribution >= 4 is 17.8 Å².